The molecule has 30 heavy (non-hydrogen) atoms. The Balaban J connectivity index is 1.31. The van der Waals surface area contributed by atoms with Gasteiger partial charge in [0.2, 0.25) is 11.8 Å². The van der Waals surface area contributed by atoms with Gasteiger partial charge >= 0.3 is 0 Å². The van der Waals surface area contributed by atoms with Crippen LogP contribution >= 0.6 is 0 Å². The molecule has 4 rings (SSSR count). The van der Waals surface area contributed by atoms with Gasteiger partial charge < -0.3 is 19.0 Å². The highest BCUT2D eigenvalue weighted by molar-refractivity contribution is 5.79. The maximum absolute atomic E-state index is 12.9. The van der Waals surface area contributed by atoms with Gasteiger partial charge in [-0.1, -0.05) is 6.08 Å². The molecule has 0 aromatic carbocycles. The third-order valence-electron chi connectivity index (χ3n) is 6.08. The second kappa shape index (κ2) is 10.3. The number of carbonyl (C=O) groups is 2. The number of ether oxygens (including phenoxy) is 1. The van der Waals surface area contributed by atoms with Crippen LogP contribution in [0.15, 0.2) is 28.9 Å². The maximum Gasteiger partial charge on any atom is 0.236 e. The summed E-state index contributed by atoms with van der Waals surface area (Å²) >= 11 is 0. The molecular weight excluding hydrogens is 382 g/mol. The summed E-state index contributed by atoms with van der Waals surface area (Å²) in [6, 6.07) is 3.78. The van der Waals surface area contributed by atoms with Gasteiger partial charge in [0, 0.05) is 52.3 Å². The molecule has 3 aliphatic rings. The highest BCUT2D eigenvalue weighted by Gasteiger charge is 2.30. The van der Waals surface area contributed by atoms with Crippen LogP contribution in [0.3, 0.4) is 0 Å². The number of rotatable bonds is 10. The van der Waals surface area contributed by atoms with E-state index < -0.39 is 0 Å². The zero-order valence-electron chi connectivity index (χ0n) is 17.7. The Labute approximate surface area is 178 Å². The molecule has 3 fully saturated rings. The molecule has 2 saturated heterocycles. The lowest BCUT2D eigenvalue weighted by Gasteiger charge is -2.25. The Bertz CT molecular complexity index is 729. The predicted molar refractivity (Wildman–Crippen MR) is 114 cm³/mol. The summed E-state index contributed by atoms with van der Waals surface area (Å²) in [7, 11) is 0. The zero-order chi connectivity index (χ0) is 20.8. The van der Waals surface area contributed by atoms with Crippen LogP contribution in [-0.4, -0.2) is 85.0 Å². The van der Waals surface area contributed by atoms with Crippen LogP contribution in [0.4, 0.5) is 0 Å². The van der Waals surface area contributed by atoms with Crippen molar-refractivity contribution in [3.63, 3.8) is 0 Å². The van der Waals surface area contributed by atoms with Crippen LogP contribution in [0.5, 0.6) is 0 Å². The van der Waals surface area contributed by atoms with E-state index in [0.29, 0.717) is 38.5 Å². The summed E-state index contributed by atoms with van der Waals surface area (Å²) in [5.74, 6) is 1.91. The number of likely N-dealkylation sites (tertiary alicyclic amines) is 1. The van der Waals surface area contributed by atoms with Crippen LogP contribution in [-0.2, 0) is 14.3 Å². The SMILES string of the molecule is O=C1CCCN1CCCN1CC(OCC2CC2)CN(C/C=C/c2ccco2)CC1=O. The van der Waals surface area contributed by atoms with Gasteiger partial charge in [-0.05, 0) is 49.8 Å². The first-order chi connectivity index (χ1) is 14.7. The summed E-state index contributed by atoms with van der Waals surface area (Å²) in [5, 5.41) is 0. The predicted octanol–water partition coefficient (Wildman–Crippen LogP) is 2.24. The number of hydrogen-bond donors (Lipinski definition) is 0. The first kappa shape index (κ1) is 21.1. The lowest BCUT2D eigenvalue weighted by atomic mass is 10.3. The monoisotopic (exact) mass is 415 g/mol. The Morgan fingerprint density at radius 3 is 2.73 bits per heavy atom. The van der Waals surface area contributed by atoms with E-state index in [4.69, 9.17) is 9.15 Å². The highest BCUT2D eigenvalue weighted by Crippen LogP contribution is 2.29. The number of hydrogen-bond acceptors (Lipinski definition) is 5. The average molecular weight is 416 g/mol. The minimum atomic E-state index is 0.0301. The van der Waals surface area contributed by atoms with Crippen LogP contribution < -0.4 is 0 Å². The quantitative estimate of drug-likeness (QED) is 0.586. The molecule has 0 spiro atoms. The molecule has 0 N–H and O–H groups in total. The molecule has 0 radical (unpaired) electrons. The molecular formula is C23H33N3O4. The van der Waals surface area contributed by atoms with Crippen molar-refractivity contribution in [1.29, 1.82) is 0 Å². The topological polar surface area (TPSA) is 66.2 Å². The van der Waals surface area contributed by atoms with Crippen LogP contribution in [0, 0.1) is 5.92 Å². The summed E-state index contributed by atoms with van der Waals surface area (Å²) in [4.78, 5) is 30.7. The first-order valence-electron chi connectivity index (χ1n) is 11.3. The lowest BCUT2D eigenvalue weighted by Crippen LogP contribution is -2.40. The van der Waals surface area contributed by atoms with Crippen molar-refractivity contribution in [3.8, 4) is 0 Å². The Hall–Kier alpha value is -2.12. The largest absolute Gasteiger partial charge is 0.465 e. The smallest absolute Gasteiger partial charge is 0.236 e. The lowest BCUT2D eigenvalue weighted by molar-refractivity contribution is -0.131. The number of carbonyl (C=O) groups excluding carboxylic acids is 2. The maximum atomic E-state index is 12.9. The van der Waals surface area contributed by atoms with Crippen LogP contribution in [0.1, 0.15) is 37.9 Å². The molecule has 1 aliphatic carbocycles. The molecule has 2 aliphatic heterocycles. The summed E-state index contributed by atoms with van der Waals surface area (Å²) in [6.07, 6.45) is 10.6. The Kier molecular flexibility index (Phi) is 7.23. The van der Waals surface area contributed by atoms with Gasteiger partial charge in [-0.3, -0.25) is 14.5 Å². The Morgan fingerprint density at radius 2 is 2.00 bits per heavy atom. The van der Waals surface area contributed by atoms with Crippen molar-refractivity contribution in [3.05, 3.63) is 30.2 Å². The fourth-order valence-electron chi connectivity index (χ4n) is 4.16. The van der Waals surface area contributed by atoms with Crippen molar-refractivity contribution in [2.75, 3.05) is 52.4 Å². The van der Waals surface area contributed by atoms with Gasteiger partial charge in [-0.2, -0.15) is 0 Å². The Morgan fingerprint density at radius 1 is 1.13 bits per heavy atom. The van der Waals surface area contributed by atoms with Crippen LogP contribution in [0.2, 0.25) is 0 Å². The van der Waals surface area contributed by atoms with Crippen molar-refractivity contribution in [1.82, 2.24) is 14.7 Å². The number of amides is 2. The highest BCUT2D eigenvalue weighted by atomic mass is 16.5. The van der Waals surface area contributed by atoms with Crippen molar-refractivity contribution >= 4 is 17.9 Å². The first-order valence-corrected chi connectivity index (χ1v) is 11.3. The fourth-order valence-corrected chi connectivity index (χ4v) is 4.16. The molecule has 7 nitrogen and oxygen atoms in total. The minimum absolute atomic E-state index is 0.0301. The molecule has 3 heterocycles. The molecule has 1 aromatic rings. The van der Waals surface area contributed by atoms with E-state index in [0.717, 1.165) is 44.8 Å². The van der Waals surface area contributed by atoms with Gasteiger partial charge in [0.05, 0.1) is 18.9 Å². The normalized spacial score (nSPS) is 23.7. The molecule has 1 unspecified atom stereocenters. The summed E-state index contributed by atoms with van der Waals surface area (Å²) in [5.41, 5.74) is 0. The van der Waals surface area contributed by atoms with Gasteiger partial charge in [0.15, 0.2) is 0 Å². The van der Waals surface area contributed by atoms with E-state index in [9.17, 15) is 9.59 Å². The van der Waals surface area contributed by atoms with E-state index in [-0.39, 0.29) is 17.9 Å². The van der Waals surface area contributed by atoms with Gasteiger partial charge in [0.1, 0.15) is 5.76 Å². The molecule has 1 atom stereocenters. The summed E-state index contributed by atoms with van der Waals surface area (Å²) in [6.45, 7) is 5.55. The van der Waals surface area contributed by atoms with E-state index in [1.54, 1.807) is 6.26 Å². The molecule has 0 bridgehead atoms. The van der Waals surface area contributed by atoms with Crippen molar-refractivity contribution < 1.29 is 18.7 Å². The minimum Gasteiger partial charge on any atom is -0.465 e. The van der Waals surface area contributed by atoms with Crippen molar-refractivity contribution in [2.24, 2.45) is 5.92 Å². The number of nitrogens with zero attached hydrogens (tertiary/aromatic N) is 3. The van der Waals surface area contributed by atoms with E-state index in [2.05, 4.69) is 4.90 Å². The summed E-state index contributed by atoms with van der Waals surface area (Å²) < 4.78 is 11.5. The fraction of sp³-hybridized carbons (Fsp3) is 0.652. The molecule has 1 aromatic heterocycles. The van der Waals surface area contributed by atoms with E-state index >= 15 is 0 Å². The van der Waals surface area contributed by atoms with E-state index in [1.807, 2.05) is 34.1 Å². The van der Waals surface area contributed by atoms with Gasteiger partial charge in [-0.15, -0.1) is 0 Å². The second-order valence-electron chi connectivity index (χ2n) is 8.69. The van der Waals surface area contributed by atoms with Crippen molar-refractivity contribution in [2.45, 2.75) is 38.2 Å². The molecule has 1 saturated carbocycles. The van der Waals surface area contributed by atoms with Gasteiger partial charge in [-0.25, -0.2) is 0 Å². The second-order valence-corrected chi connectivity index (χ2v) is 8.69. The third kappa shape index (κ3) is 6.19. The molecule has 2 amide bonds. The standard InChI is InChI=1S/C23H33N3O4/c27-22-7-2-11-25(22)12-4-13-26-16-21(30-18-19-8-9-19)15-24(17-23(26)28)10-1-5-20-6-3-14-29-20/h1,3,5-6,14,19,21H,2,4,7-13,15-18H2/b5-1+. The number of furan rings is 1. The zero-order valence-corrected chi connectivity index (χ0v) is 17.7. The van der Waals surface area contributed by atoms with E-state index in [1.165, 1.54) is 12.8 Å². The molecule has 164 valence electrons. The molecule has 7 heteroatoms. The van der Waals surface area contributed by atoms with Gasteiger partial charge in [0.25, 0.3) is 0 Å². The average Bonchev–Trinajstić information content (AvgIpc) is 3.29. The third-order valence-corrected chi connectivity index (χ3v) is 6.08. The van der Waals surface area contributed by atoms with Crippen LogP contribution in [0.25, 0.3) is 6.08 Å².